The quantitative estimate of drug-likeness (QED) is 0.854. The van der Waals surface area contributed by atoms with Crippen LogP contribution in [0.25, 0.3) is 0 Å². The number of nitrogens with zero attached hydrogens (tertiary/aromatic N) is 1. The number of nitrogens with one attached hydrogen (secondary N) is 1. The zero-order valence-electron chi connectivity index (χ0n) is 13.7. The smallest absolute Gasteiger partial charge is 0.251 e. The highest BCUT2D eigenvalue weighted by Crippen LogP contribution is 2.21. The lowest BCUT2D eigenvalue weighted by atomic mass is 10.1. The SMILES string of the molecule is O=C(NCC(=O)N1CCOC(c2ccccc2)C1)c1cccc(Br)c1. The first-order chi connectivity index (χ1) is 12.1. The van der Waals surface area contributed by atoms with Crippen LogP contribution < -0.4 is 5.32 Å². The van der Waals surface area contributed by atoms with Gasteiger partial charge in [-0.3, -0.25) is 9.59 Å². The van der Waals surface area contributed by atoms with Crippen LogP contribution >= 0.6 is 15.9 Å². The van der Waals surface area contributed by atoms with E-state index in [1.54, 1.807) is 23.1 Å². The van der Waals surface area contributed by atoms with E-state index in [-0.39, 0.29) is 24.5 Å². The highest BCUT2D eigenvalue weighted by atomic mass is 79.9. The molecule has 1 aliphatic rings. The normalized spacial score (nSPS) is 17.2. The second-order valence-electron chi connectivity index (χ2n) is 5.80. The number of morpholine rings is 1. The van der Waals surface area contributed by atoms with E-state index >= 15 is 0 Å². The lowest BCUT2D eigenvalue weighted by Gasteiger charge is -2.33. The van der Waals surface area contributed by atoms with Gasteiger partial charge in [-0.05, 0) is 23.8 Å². The summed E-state index contributed by atoms with van der Waals surface area (Å²) < 4.78 is 6.59. The first kappa shape index (κ1) is 17.6. The van der Waals surface area contributed by atoms with Crippen molar-refractivity contribution in [3.8, 4) is 0 Å². The molecule has 25 heavy (non-hydrogen) atoms. The minimum Gasteiger partial charge on any atom is -0.370 e. The van der Waals surface area contributed by atoms with Crippen molar-refractivity contribution < 1.29 is 14.3 Å². The minimum atomic E-state index is -0.262. The van der Waals surface area contributed by atoms with Gasteiger partial charge < -0.3 is 15.0 Å². The Kier molecular flexibility index (Phi) is 5.83. The molecule has 2 aromatic rings. The van der Waals surface area contributed by atoms with Crippen LogP contribution in [0.1, 0.15) is 22.0 Å². The number of hydrogen-bond acceptors (Lipinski definition) is 3. The van der Waals surface area contributed by atoms with Crippen molar-refractivity contribution in [3.63, 3.8) is 0 Å². The number of amides is 2. The Morgan fingerprint density at radius 1 is 1.16 bits per heavy atom. The summed E-state index contributed by atoms with van der Waals surface area (Å²) in [6, 6.07) is 16.9. The van der Waals surface area contributed by atoms with Gasteiger partial charge in [0.25, 0.3) is 5.91 Å². The monoisotopic (exact) mass is 402 g/mol. The van der Waals surface area contributed by atoms with E-state index in [0.717, 1.165) is 10.0 Å². The van der Waals surface area contributed by atoms with Gasteiger partial charge in [0, 0.05) is 16.6 Å². The zero-order valence-corrected chi connectivity index (χ0v) is 15.2. The summed E-state index contributed by atoms with van der Waals surface area (Å²) in [7, 11) is 0. The summed E-state index contributed by atoms with van der Waals surface area (Å²) in [6.07, 6.45) is -0.125. The van der Waals surface area contributed by atoms with Gasteiger partial charge in [-0.15, -0.1) is 0 Å². The molecular weight excluding hydrogens is 384 g/mol. The van der Waals surface area contributed by atoms with E-state index < -0.39 is 0 Å². The van der Waals surface area contributed by atoms with Gasteiger partial charge in [-0.2, -0.15) is 0 Å². The van der Waals surface area contributed by atoms with Crippen LogP contribution in [0.4, 0.5) is 0 Å². The van der Waals surface area contributed by atoms with Gasteiger partial charge in [0.2, 0.25) is 5.91 Å². The van der Waals surface area contributed by atoms with E-state index in [1.165, 1.54) is 0 Å². The minimum absolute atomic E-state index is 0.0210. The maximum absolute atomic E-state index is 12.4. The van der Waals surface area contributed by atoms with Gasteiger partial charge in [-0.1, -0.05) is 52.3 Å². The number of hydrogen-bond donors (Lipinski definition) is 1. The van der Waals surface area contributed by atoms with Crippen molar-refractivity contribution >= 4 is 27.7 Å². The highest BCUT2D eigenvalue weighted by molar-refractivity contribution is 9.10. The molecule has 2 amide bonds. The molecule has 0 spiro atoms. The van der Waals surface area contributed by atoms with Crippen molar-refractivity contribution in [1.82, 2.24) is 10.2 Å². The summed E-state index contributed by atoms with van der Waals surface area (Å²) in [5, 5.41) is 2.69. The van der Waals surface area contributed by atoms with Gasteiger partial charge in [0.15, 0.2) is 0 Å². The number of benzene rings is 2. The van der Waals surface area contributed by atoms with E-state index in [1.807, 2.05) is 36.4 Å². The Labute approximate surface area is 155 Å². The summed E-state index contributed by atoms with van der Waals surface area (Å²) >= 11 is 3.33. The topological polar surface area (TPSA) is 58.6 Å². The maximum Gasteiger partial charge on any atom is 0.251 e. The summed E-state index contributed by atoms with van der Waals surface area (Å²) in [5.74, 6) is -0.366. The molecular formula is C19H19BrN2O3. The Balaban J connectivity index is 1.55. The van der Waals surface area contributed by atoms with Crippen molar-refractivity contribution in [2.75, 3.05) is 26.2 Å². The van der Waals surface area contributed by atoms with Crippen LogP contribution in [-0.2, 0) is 9.53 Å². The molecule has 3 rings (SSSR count). The molecule has 0 aliphatic carbocycles. The molecule has 2 aromatic carbocycles. The van der Waals surface area contributed by atoms with Crippen molar-refractivity contribution in [2.24, 2.45) is 0 Å². The van der Waals surface area contributed by atoms with Crippen molar-refractivity contribution in [1.29, 1.82) is 0 Å². The molecule has 0 bridgehead atoms. The molecule has 1 aliphatic heterocycles. The zero-order chi connectivity index (χ0) is 17.6. The molecule has 0 saturated carbocycles. The second-order valence-corrected chi connectivity index (χ2v) is 6.72. The number of carbonyl (C=O) groups is 2. The highest BCUT2D eigenvalue weighted by Gasteiger charge is 2.25. The predicted molar refractivity (Wildman–Crippen MR) is 98.2 cm³/mol. The van der Waals surface area contributed by atoms with Crippen molar-refractivity contribution in [3.05, 3.63) is 70.2 Å². The van der Waals surface area contributed by atoms with Crippen molar-refractivity contribution in [2.45, 2.75) is 6.10 Å². The average molecular weight is 403 g/mol. The van der Waals surface area contributed by atoms with E-state index in [4.69, 9.17) is 4.74 Å². The third-order valence-electron chi connectivity index (χ3n) is 4.08. The van der Waals surface area contributed by atoms with Gasteiger partial charge in [0.1, 0.15) is 6.10 Å². The first-order valence-electron chi connectivity index (χ1n) is 8.11. The summed E-state index contributed by atoms with van der Waals surface area (Å²) in [5.41, 5.74) is 1.57. The summed E-state index contributed by atoms with van der Waals surface area (Å²) in [6.45, 7) is 1.50. The number of rotatable bonds is 4. The lowest BCUT2D eigenvalue weighted by molar-refractivity contribution is -0.137. The fraction of sp³-hybridized carbons (Fsp3) is 0.263. The number of halogens is 1. The van der Waals surface area contributed by atoms with Crippen LogP contribution in [0.2, 0.25) is 0 Å². The van der Waals surface area contributed by atoms with Gasteiger partial charge >= 0.3 is 0 Å². The molecule has 130 valence electrons. The van der Waals surface area contributed by atoms with Crippen LogP contribution in [-0.4, -0.2) is 43.0 Å². The molecule has 1 unspecified atom stereocenters. The van der Waals surface area contributed by atoms with Crippen LogP contribution in [0.3, 0.4) is 0 Å². The first-order valence-corrected chi connectivity index (χ1v) is 8.91. The number of ether oxygens (including phenoxy) is 1. The maximum atomic E-state index is 12.4. The molecule has 1 heterocycles. The molecule has 1 fully saturated rings. The molecule has 0 aromatic heterocycles. The fourth-order valence-corrected chi connectivity index (χ4v) is 3.14. The molecule has 1 atom stereocenters. The van der Waals surface area contributed by atoms with E-state index in [9.17, 15) is 9.59 Å². The Morgan fingerprint density at radius 2 is 1.96 bits per heavy atom. The Hall–Kier alpha value is -2.18. The van der Waals surface area contributed by atoms with Gasteiger partial charge in [-0.25, -0.2) is 0 Å². The third kappa shape index (κ3) is 4.67. The average Bonchev–Trinajstić information content (AvgIpc) is 2.66. The summed E-state index contributed by atoms with van der Waals surface area (Å²) in [4.78, 5) is 26.3. The van der Waals surface area contributed by atoms with Crippen LogP contribution in [0.5, 0.6) is 0 Å². The Morgan fingerprint density at radius 3 is 2.72 bits per heavy atom. The van der Waals surface area contributed by atoms with Crippen LogP contribution in [0, 0.1) is 0 Å². The number of carbonyl (C=O) groups excluding carboxylic acids is 2. The van der Waals surface area contributed by atoms with Crippen LogP contribution in [0.15, 0.2) is 59.1 Å². The fourth-order valence-electron chi connectivity index (χ4n) is 2.74. The predicted octanol–water partition coefficient (Wildman–Crippen LogP) is 2.78. The second kappa shape index (κ2) is 8.27. The van der Waals surface area contributed by atoms with Gasteiger partial charge in [0.05, 0.1) is 19.7 Å². The largest absolute Gasteiger partial charge is 0.370 e. The lowest BCUT2D eigenvalue weighted by Crippen LogP contribution is -2.46. The standard InChI is InChI=1S/C19H19BrN2O3/c20-16-8-4-7-15(11-16)19(24)21-12-18(23)22-9-10-25-17(13-22)14-5-2-1-3-6-14/h1-8,11,17H,9-10,12-13H2,(H,21,24). The molecule has 5 nitrogen and oxygen atoms in total. The molecule has 6 heteroatoms. The molecule has 1 saturated heterocycles. The van der Waals surface area contributed by atoms with E-state index in [0.29, 0.717) is 25.3 Å². The third-order valence-corrected chi connectivity index (χ3v) is 4.57. The Bertz CT molecular complexity index is 751. The van der Waals surface area contributed by atoms with E-state index in [2.05, 4.69) is 21.2 Å². The molecule has 0 radical (unpaired) electrons. The molecule has 1 N–H and O–H groups in total.